The molecule has 0 radical (unpaired) electrons. The molecule has 102 valence electrons. The largest absolute Gasteiger partial charge is 0.453 e. The number of benzene rings is 1. The van der Waals surface area contributed by atoms with Gasteiger partial charge in [-0.1, -0.05) is 0 Å². The van der Waals surface area contributed by atoms with Crippen molar-refractivity contribution in [3.05, 3.63) is 29.6 Å². The van der Waals surface area contributed by atoms with Crippen LogP contribution >= 0.6 is 11.8 Å². The summed E-state index contributed by atoms with van der Waals surface area (Å²) in [6.07, 6.45) is -4.63. The standard InChI is InChI=1S/C10H10F3N5S/c1-5-4-6(14)2-3-7(5)19-9-17-16-8(18(9)15)10(11,12)13/h2-4H,14-15H2,1H3. The van der Waals surface area contributed by atoms with Crippen LogP contribution in [0.5, 0.6) is 0 Å². The molecule has 2 aromatic rings. The Balaban J connectivity index is 2.32. The first kappa shape index (κ1) is 13.5. The predicted octanol–water partition coefficient (Wildman–Crippen LogP) is 2.05. The van der Waals surface area contributed by atoms with Gasteiger partial charge in [-0.05, 0) is 42.4 Å². The third-order valence-electron chi connectivity index (χ3n) is 2.32. The van der Waals surface area contributed by atoms with E-state index in [0.29, 0.717) is 15.3 Å². The van der Waals surface area contributed by atoms with Crippen molar-refractivity contribution in [3.8, 4) is 0 Å². The van der Waals surface area contributed by atoms with Crippen molar-refractivity contribution in [2.24, 2.45) is 0 Å². The molecule has 0 saturated carbocycles. The molecule has 0 spiro atoms. The van der Waals surface area contributed by atoms with Crippen LogP contribution in [0.3, 0.4) is 0 Å². The predicted molar refractivity (Wildman–Crippen MR) is 64.9 cm³/mol. The smallest absolute Gasteiger partial charge is 0.399 e. The first-order valence-electron chi connectivity index (χ1n) is 5.10. The highest BCUT2D eigenvalue weighted by Gasteiger charge is 2.38. The van der Waals surface area contributed by atoms with Gasteiger partial charge in [0, 0.05) is 10.6 Å². The Hall–Kier alpha value is -1.90. The van der Waals surface area contributed by atoms with Crippen molar-refractivity contribution in [1.82, 2.24) is 14.9 Å². The lowest BCUT2D eigenvalue weighted by molar-refractivity contribution is -0.146. The minimum Gasteiger partial charge on any atom is -0.399 e. The van der Waals surface area contributed by atoms with Crippen LogP contribution < -0.4 is 11.6 Å². The molecule has 0 unspecified atom stereocenters. The number of hydrogen-bond acceptors (Lipinski definition) is 5. The molecule has 9 heteroatoms. The molecule has 1 aromatic heterocycles. The minimum absolute atomic E-state index is 0.0415. The first-order chi connectivity index (χ1) is 8.79. The lowest BCUT2D eigenvalue weighted by Gasteiger charge is -2.07. The molecule has 0 aliphatic heterocycles. The Morgan fingerprint density at radius 3 is 2.47 bits per heavy atom. The fraction of sp³-hybridized carbons (Fsp3) is 0.200. The molecule has 0 aliphatic rings. The van der Waals surface area contributed by atoms with Gasteiger partial charge in [0.05, 0.1) is 0 Å². The topological polar surface area (TPSA) is 82.8 Å². The Labute approximate surface area is 110 Å². The van der Waals surface area contributed by atoms with Gasteiger partial charge in [-0.3, -0.25) is 0 Å². The van der Waals surface area contributed by atoms with Gasteiger partial charge in [-0.15, -0.1) is 10.2 Å². The number of nitrogens with zero attached hydrogens (tertiary/aromatic N) is 3. The highest BCUT2D eigenvalue weighted by atomic mass is 32.2. The van der Waals surface area contributed by atoms with Crippen LogP contribution in [-0.4, -0.2) is 14.9 Å². The monoisotopic (exact) mass is 289 g/mol. The number of anilines is 1. The highest BCUT2D eigenvalue weighted by Crippen LogP contribution is 2.33. The number of aromatic nitrogens is 3. The van der Waals surface area contributed by atoms with Crippen LogP contribution in [0.2, 0.25) is 0 Å². The quantitative estimate of drug-likeness (QED) is 0.653. The number of alkyl halides is 3. The van der Waals surface area contributed by atoms with E-state index in [0.717, 1.165) is 17.3 Å². The Morgan fingerprint density at radius 1 is 1.26 bits per heavy atom. The van der Waals surface area contributed by atoms with Crippen LogP contribution in [0, 0.1) is 6.92 Å². The lowest BCUT2D eigenvalue weighted by Crippen LogP contribution is -2.21. The van der Waals surface area contributed by atoms with Gasteiger partial charge in [0.15, 0.2) is 0 Å². The fourth-order valence-corrected chi connectivity index (χ4v) is 2.24. The molecule has 1 aromatic carbocycles. The summed E-state index contributed by atoms with van der Waals surface area (Å²) in [5.41, 5.74) is 6.99. The molecule has 0 saturated heterocycles. The summed E-state index contributed by atoms with van der Waals surface area (Å²) in [6, 6.07) is 5.05. The van der Waals surface area contributed by atoms with E-state index in [1.165, 1.54) is 0 Å². The summed E-state index contributed by atoms with van der Waals surface area (Å²) in [4.78, 5) is 0.710. The second-order valence-corrected chi connectivity index (χ2v) is 4.81. The Morgan fingerprint density at radius 2 is 1.95 bits per heavy atom. The zero-order valence-corrected chi connectivity index (χ0v) is 10.6. The van der Waals surface area contributed by atoms with Gasteiger partial charge in [0.1, 0.15) is 0 Å². The summed E-state index contributed by atoms with van der Waals surface area (Å²) in [5, 5.41) is 6.45. The molecule has 0 fully saturated rings. The summed E-state index contributed by atoms with van der Waals surface area (Å²) in [5.74, 6) is 4.11. The van der Waals surface area contributed by atoms with Gasteiger partial charge in [0.2, 0.25) is 5.16 Å². The molecule has 0 aliphatic carbocycles. The average Bonchev–Trinajstić information content (AvgIpc) is 2.64. The molecule has 1 heterocycles. The number of rotatable bonds is 2. The first-order valence-corrected chi connectivity index (χ1v) is 5.92. The van der Waals surface area contributed by atoms with Crippen LogP contribution in [-0.2, 0) is 6.18 Å². The summed E-state index contributed by atoms with van der Waals surface area (Å²) in [6.45, 7) is 1.79. The number of nitrogen functional groups attached to an aromatic ring is 2. The molecule has 0 atom stereocenters. The Bertz CT molecular complexity index is 608. The van der Waals surface area contributed by atoms with Gasteiger partial charge in [-0.2, -0.15) is 13.2 Å². The second-order valence-electron chi connectivity index (χ2n) is 3.80. The van der Waals surface area contributed by atoms with Gasteiger partial charge < -0.3 is 11.6 Å². The Kier molecular flexibility index (Phi) is 3.31. The van der Waals surface area contributed by atoms with E-state index in [4.69, 9.17) is 11.6 Å². The van der Waals surface area contributed by atoms with E-state index >= 15 is 0 Å². The summed E-state index contributed by atoms with van der Waals surface area (Å²) in [7, 11) is 0. The van der Waals surface area contributed by atoms with Crippen molar-refractivity contribution in [3.63, 3.8) is 0 Å². The van der Waals surface area contributed by atoms with E-state index in [1.807, 2.05) is 0 Å². The van der Waals surface area contributed by atoms with E-state index in [1.54, 1.807) is 25.1 Å². The van der Waals surface area contributed by atoms with E-state index in [9.17, 15) is 13.2 Å². The fourth-order valence-electron chi connectivity index (χ4n) is 1.43. The average molecular weight is 289 g/mol. The van der Waals surface area contributed by atoms with E-state index < -0.39 is 12.0 Å². The number of nitrogens with two attached hydrogens (primary N) is 2. The molecular formula is C10H10F3N5S. The maximum Gasteiger partial charge on any atom is 0.453 e. The molecule has 2 rings (SSSR count). The van der Waals surface area contributed by atoms with Gasteiger partial charge in [-0.25, -0.2) is 4.68 Å². The third kappa shape index (κ3) is 2.75. The van der Waals surface area contributed by atoms with Crippen LogP contribution in [0.4, 0.5) is 18.9 Å². The van der Waals surface area contributed by atoms with Crippen LogP contribution in [0.15, 0.2) is 28.3 Å². The van der Waals surface area contributed by atoms with Crippen molar-refractivity contribution in [2.45, 2.75) is 23.2 Å². The molecule has 0 amide bonds. The van der Waals surface area contributed by atoms with Crippen LogP contribution in [0.1, 0.15) is 11.4 Å². The third-order valence-corrected chi connectivity index (χ3v) is 3.46. The van der Waals surface area contributed by atoms with E-state index in [2.05, 4.69) is 10.2 Å². The van der Waals surface area contributed by atoms with Crippen LogP contribution in [0.25, 0.3) is 0 Å². The molecule has 19 heavy (non-hydrogen) atoms. The van der Waals surface area contributed by atoms with Crippen molar-refractivity contribution in [2.75, 3.05) is 11.6 Å². The molecular weight excluding hydrogens is 279 g/mol. The zero-order chi connectivity index (χ0) is 14.2. The maximum absolute atomic E-state index is 12.5. The van der Waals surface area contributed by atoms with Gasteiger partial charge in [0.25, 0.3) is 5.82 Å². The minimum atomic E-state index is -4.63. The summed E-state index contributed by atoms with van der Waals surface area (Å²) >= 11 is 0.995. The zero-order valence-electron chi connectivity index (χ0n) is 9.77. The molecule has 5 nitrogen and oxygen atoms in total. The number of aryl methyl sites for hydroxylation is 1. The highest BCUT2D eigenvalue weighted by molar-refractivity contribution is 7.99. The summed E-state index contributed by atoms with van der Waals surface area (Å²) < 4.78 is 37.9. The molecule has 4 N–H and O–H groups in total. The van der Waals surface area contributed by atoms with Crippen molar-refractivity contribution < 1.29 is 13.2 Å². The lowest BCUT2D eigenvalue weighted by atomic mass is 10.2. The second kappa shape index (κ2) is 4.65. The van der Waals surface area contributed by atoms with Crippen molar-refractivity contribution in [1.29, 1.82) is 0 Å². The normalized spacial score (nSPS) is 11.8. The maximum atomic E-state index is 12.5. The van der Waals surface area contributed by atoms with E-state index in [-0.39, 0.29) is 5.16 Å². The number of hydrogen-bond donors (Lipinski definition) is 2. The van der Waals surface area contributed by atoms with Crippen molar-refractivity contribution >= 4 is 17.4 Å². The SMILES string of the molecule is Cc1cc(N)ccc1Sc1nnc(C(F)(F)F)n1N. The molecule has 0 bridgehead atoms. The number of halogens is 3. The van der Waals surface area contributed by atoms with Gasteiger partial charge >= 0.3 is 6.18 Å².